The number of anilines is 1. The van der Waals surface area contributed by atoms with Gasteiger partial charge >= 0.3 is 0 Å². The van der Waals surface area contributed by atoms with E-state index in [1.54, 1.807) is 18.5 Å². The summed E-state index contributed by atoms with van der Waals surface area (Å²) in [6.45, 7) is 2.91. The van der Waals surface area contributed by atoms with E-state index in [9.17, 15) is 0 Å². The maximum Gasteiger partial charge on any atom is 0.101 e. The van der Waals surface area contributed by atoms with E-state index in [-0.39, 0.29) is 0 Å². The molecule has 0 saturated carbocycles. The van der Waals surface area contributed by atoms with Crippen LogP contribution in [0.5, 0.6) is 0 Å². The van der Waals surface area contributed by atoms with Gasteiger partial charge in [0.1, 0.15) is 6.07 Å². The van der Waals surface area contributed by atoms with Crippen molar-refractivity contribution in [3.05, 3.63) is 59.4 Å². The lowest BCUT2D eigenvalue weighted by molar-refractivity contribution is 1.00. The molecule has 18 heavy (non-hydrogen) atoms. The molecular formula is C15H15N3. The van der Waals surface area contributed by atoms with E-state index in [4.69, 9.17) is 5.26 Å². The second kappa shape index (κ2) is 5.83. The predicted molar refractivity (Wildman–Crippen MR) is 72.3 cm³/mol. The molecular weight excluding hydrogens is 222 g/mol. The normalized spacial score (nSPS) is 9.78. The summed E-state index contributed by atoms with van der Waals surface area (Å²) in [6.07, 6.45) is 4.26. The predicted octanol–water partition coefficient (Wildman–Crippen LogP) is 2.92. The fourth-order valence-electron chi connectivity index (χ4n) is 1.86. The Morgan fingerprint density at radius 1 is 1.28 bits per heavy atom. The quantitative estimate of drug-likeness (QED) is 0.889. The van der Waals surface area contributed by atoms with E-state index >= 15 is 0 Å². The third-order valence-corrected chi connectivity index (χ3v) is 2.91. The van der Waals surface area contributed by atoms with Gasteiger partial charge in [0, 0.05) is 12.7 Å². The van der Waals surface area contributed by atoms with Crippen molar-refractivity contribution >= 4 is 5.69 Å². The molecule has 1 N–H and O–H groups in total. The Labute approximate surface area is 107 Å². The van der Waals surface area contributed by atoms with Gasteiger partial charge in [0.15, 0.2) is 0 Å². The smallest absolute Gasteiger partial charge is 0.101 e. The second-order valence-electron chi connectivity index (χ2n) is 4.14. The van der Waals surface area contributed by atoms with Crippen molar-refractivity contribution in [2.45, 2.75) is 13.3 Å². The van der Waals surface area contributed by atoms with Gasteiger partial charge in [-0.25, -0.2) is 0 Å². The highest BCUT2D eigenvalue weighted by Gasteiger charge is 2.01. The van der Waals surface area contributed by atoms with Crippen molar-refractivity contribution in [3.63, 3.8) is 0 Å². The minimum atomic E-state index is 0.634. The van der Waals surface area contributed by atoms with E-state index in [0.29, 0.717) is 5.56 Å². The molecule has 0 atom stereocenters. The maximum atomic E-state index is 8.96. The third kappa shape index (κ3) is 2.86. The molecule has 0 amide bonds. The van der Waals surface area contributed by atoms with Gasteiger partial charge in [0.05, 0.1) is 17.4 Å². The van der Waals surface area contributed by atoms with E-state index < -0.39 is 0 Å². The summed E-state index contributed by atoms with van der Waals surface area (Å²) < 4.78 is 0. The molecule has 0 unspecified atom stereocenters. The summed E-state index contributed by atoms with van der Waals surface area (Å²) in [5, 5.41) is 12.2. The SMILES string of the molecule is Cc1ccccc1CCNc1cnccc1C#N. The maximum absolute atomic E-state index is 8.96. The van der Waals surface area contributed by atoms with Crippen LogP contribution in [-0.4, -0.2) is 11.5 Å². The Balaban J connectivity index is 1.97. The van der Waals surface area contributed by atoms with Crippen molar-refractivity contribution in [2.24, 2.45) is 0 Å². The van der Waals surface area contributed by atoms with E-state index in [1.807, 2.05) is 12.1 Å². The number of nitriles is 1. The summed E-state index contributed by atoms with van der Waals surface area (Å²) in [5.41, 5.74) is 4.06. The molecule has 0 radical (unpaired) electrons. The Morgan fingerprint density at radius 3 is 2.89 bits per heavy atom. The van der Waals surface area contributed by atoms with Crippen LogP contribution in [0.25, 0.3) is 0 Å². The Morgan fingerprint density at radius 2 is 2.11 bits per heavy atom. The van der Waals surface area contributed by atoms with Gasteiger partial charge in [-0.2, -0.15) is 5.26 Å². The number of nitrogens with one attached hydrogen (secondary N) is 1. The minimum absolute atomic E-state index is 0.634. The van der Waals surface area contributed by atoms with Crippen molar-refractivity contribution < 1.29 is 0 Å². The number of hydrogen-bond donors (Lipinski definition) is 1. The molecule has 2 rings (SSSR count). The topological polar surface area (TPSA) is 48.7 Å². The highest BCUT2D eigenvalue weighted by atomic mass is 14.9. The van der Waals surface area contributed by atoms with Gasteiger partial charge in [-0.15, -0.1) is 0 Å². The molecule has 90 valence electrons. The summed E-state index contributed by atoms with van der Waals surface area (Å²) in [5.74, 6) is 0. The van der Waals surface area contributed by atoms with Crippen molar-refractivity contribution in [1.82, 2.24) is 4.98 Å². The number of rotatable bonds is 4. The molecule has 0 aliphatic carbocycles. The molecule has 2 aromatic rings. The second-order valence-corrected chi connectivity index (χ2v) is 4.14. The first-order valence-corrected chi connectivity index (χ1v) is 5.94. The standard InChI is InChI=1S/C15H15N3/c1-12-4-2-3-5-13(12)7-9-18-15-11-17-8-6-14(15)10-16/h2-6,8,11,18H,7,9H2,1H3. The van der Waals surface area contributed by atoms with E-state index in [2.05, 4.69) is 35.4 Å². The van der Waals surface area contributed by atoms with Crippen molar-refractivity contribution in [2.75, 3.05) is 11.9 Å². The van der Waals surface area contributed by atoms with Crippen LogP contribution in [0.15, 0.2) is 42.7 Å². The van der Waals surface area contributed by atoms with Crippen LogP contribution in [0.3, 0.4) is 0 Å². The number of nitrogens with zero attached hydrogens (tertiary/aromatic N) is 2. The van der Waals surface area contributed by atoms with Gasteiger partial charge in [-0.3, -0.25) is 4.98 Å². The molecule has 0 fully saturated rings. The van der Waals surface area contributed by atoms with Crippen LogP contribution >= 0.6 is 0 Å². The Bertz CT molecular complexity index is 570. The van der Waals surface area contributed by atoms with Crippen LogP contribution in [0.2, 0.25) is 0 Å². The van der Waals surface area contributed by atoms with E-state index in [1.165, 1.54) is 11.1 Å². The lowest BCUT2D eigenvalue weighted by Crippen LogP contribution is -2.07. The van der Waals surface area contributed by atoms with Gasteiger partial charge in [-0.1, -0.05) is 24.3 Å². The molecule has 0 bridgehead atoms. The molecule has 1 heterocycles. The van der Waals surface area contributed by atoms with Crippen LogP contribution in [0.1, 0.15) is 16.7 Å². The molecule has 0 saturated heterocycles. The van der Waals surface area contributed by atoms with Crippen LogP contribution in [-0.2, 0) is 6.42 Å². The summed E-state index contributed by atoms with van der Waals surface area (Å²) in [7, 11) is 0. The number of aromatic nitrogens is 1. The zero-order valence-electron chi connectivity index (χ0n) is 10.4. The summed E-state index contributed by atoms with van der Waals surface area (Å²) in [6, 6.07) is 12.2. The van der Waals surface area contributed by atoms with Crippen LogP contribution in [0.4, 0.5) is 5.69 Å². The van der Waals surface area contributed by atoms with Crippen molar-refractivity contribution in [3.8, 4) is 6.07 Å². The molecule has 0 aliphatic rings. The fourth-order valence-corrected chi connectivity index (χ4v) is 1.86. The third-order valence-electron chi connectivity index (χ3n) is 2.91. The zero-order chi connectivity index (χ0) is 12.8. The average molecular weight is 237 g/mol. The highest BCUT2D eigenvalue weighted by molar-refractivity contribution is 5.55. The van der Waals surface area contributed by atoms with E-state index in [0.717, 1.165) is 18.7 Å². The molecule has 3 heteroatoms. The molecule has 1 aromatic heterocycles. The monoisotopic (exact) mass is 237 g/mol. The van der Waals surface area contributed by atoms with Gasteiger partial charge in [0.25, 0.3) is 0 Å². The zero-order valence-corrected chi connectivity index (χ0v) is 10.4. The van der Waals surface area contributed by atoms with Crippen molar-refractivity contribution in [1.29, 1.82) is 5.26 Å². The number of pyridine rings is 1. The Kier molecular flexibility index (Phi) is 3.93. The largest absolute Gasteiger partial charge is 0.382 e. The van der Waals surface area contributed by atoms with Crippen LogP contribution in [0, 0.1) is 18.3 Å². The van der Waals surface area contributed by atoms with Crippen LogP contribution < -0.4 is 5.32 Å². The average Bonchev–Trinajstić information content (AvgIpc) is 2.41. The number of aryl methyl sites for hydroxylation is 1. The lowest BCUT2D eigenvalue weighted by Gasteiger charge is -2.09. The van der Waals surface area contributed by atoms with Gasteiger partial charge in [-0.05, 0) is 30.5 Å². The number of hydrogen-bond acceptors (Lipinski definition) is 3. The van der Waals surface area contributed by atoms with Gasteiger partial charge < -0.3 is 5.32 Å². The summed E-state index contributed by atoms with van der Waals surface area (Å²) >= 11 is 0. The minimum Gasteiger partial charge on any atom is -0.382 e. The number of benzene rings is 1. The first kappa shape index (κ1) is 12.1. The first-order chi connectivity index (χ1) is 8.81. The fraction of sp³-hybridized carbons (Fsp3) is 0.200. The summed E-state index contributed by atoms with van der Waals surface area (Å²) in [4.78, 5) is 4.02. The first-order valence-electron chi connectivity index (χ1n) is 5.94. The molecule has 3 nitrogen and oxygen atoms in total. The lowest BCUT2D eigenvalue weighted by atomic mass is 10.1. The molecule has 0 aliphatic heterocycles. The Hall–Kier alpha value is -2.34. The molecule has 0 spiro atoms. The van der Waals surface area contributed by atoms with Gasteiger partial charge in [0.2, 0.25) is 0 Å². The highest BCUT2D eigenvalue weighted by Crippen LogP contribution is 2.13. The molecule has 1 aromatic carbocycles.